The van der Waals surface area contributed by atoms with E-state index < -0.39 is 11.4 Å². The van der Waals surface area contributed by atoms with Gasteiger partial charge in [0.15, 0.2) is 5.78 Å². The van der Waals surface area contributed by atoms with Crippen molar-refractivity contribution in [1.29, 1.82) is 0 Å². The molecule has 0 saturated carbocycles. The average molecular weight is 273 g/mol. The van der Waals surface area contributed by atoms with Gasteiger partial charge in [-0.15, -0.1) is 0 Å². The maximum absolute atomic E-state index is 12.4. The molecule has 0 aliphatic heterocycles. The normalized spacial score (nSPS) is 11.4. The number of methoxy groups -OCH3 is 1. The lowest BCUT2D eigenvalue weighted by Crippen LogP contribution is -2.17. The van der Waals surface area contributed by atoms with Gasteiger partial charge in [-0.3, -0.25) is 4.79 Å². The topological polar surface area (TPSA) is 72.3 Å². The van der Waals surface area contributed by atoms with E-state index in [9.17, 15) is 9.59 Å². The zero-order valence-corrected chi connectivity index (χ0v) is 11.5. The number of rotatable bonds is 4. The van der Waals surface area contributed by atoms with Gasteiger partial charge in [-0.05, 0) is 37.6 Å². The number of allylic oxidation sites excluding steroid dienone is 1. The SMILES string of the molecule is COc1cc(C)oc(=O)c1C(=O)/C(C)=C/c1ccc[nH]1. The van der Waals surface area contributed by atoms with Crippen molar-refractivity contribution in [3.05, 3.63) is 57.4 Å². The van der Waals surface area contributed by atoms with Crippen molar-refractivity contribution < 1.29 is 13.9 Å². The lowest BCUT2D eigenvalue weighted by molar-refractivity contribution is 0.102. The molecule has 0 saturated heterocycles. The van der Waals surface area contributed by atoms with Crippen molar-refractivity contribution in [1.82, 2.24) is 4.98 Å². The van der Waals surface area contributed by atoms with E-state index in [2.05, 4.69) is 4.98 Å². The highest BCUT2D eigenvalue weighted by Crippen LogP contribution is 2.20. The highest BCUT2D eigenvalue weighted by Gasteiger charge is 2.20. The molecule has 104 valence electrons. The minimum atomic E-state index is -0.689. The fraction of sp³-hybridized carbons (Fsp3) is 0.200. The van der Waals surface area contributed by atoms with Crippen LogP contribution in [0, 0.1) is 6.92 Å². The molecular formula is C15H15NO4. The standard InChI is InChI=1S/C15H15NO4/c1-9(7-11-5-4-6-16-11)14(17)13-12(19-3)8-10(2)20-15(13)18/h4-8,16H,1-3H3/b9-7+. The van der Waals surface area contributed by atoms with E-state index >= 15 is 0 Å². The molecule has 0 atom stereocenters. The van der Waals surface area contributed by atoms with E-state index in [4.69, 9.17) is 9.15 Å². The molecule has 0 amide bonds. The smallest absolute Gasteiger partial charge is 0.351 e. The molecule has 0 bridgehead atoms. The second-order valence-electron chi connectivity index (χ2n) is 4.37. The molecule has 0 radical (unpaired) electrons. The van der Waals surface area contributed by atoms with E-state index in [0.717, 1.165) is 5.69 Å². The first kappa shape index (κ1) is 13.9. The third kappa shape index (κ3) is 2.71. The molecule has 1 N–H and O–H groups in total. The molecule has 20 heavy (non-hydrogen) atoms. The van der Waals surface area contributed by atoms with Crippen LogP contribution in [0.25, 0.3) is 6.08 Å². The molecule has 0 fully saturated rings. The van der Waals surface area contributed by atoms with E-state index in [1.165, 1.54) is 13.2 Å². The van der Waals surface area contributed by atoms with Gasteiger partial charge in [0.2, 0.25) is 0 Å². The Morgan fingerprint density at radius 1 is 1.45 bits per heavy atom. The summed E-state index contributed by atoms with van der Waals surface area (Å²) in [5.74, 6) is 0.211. The molecule has 0 aliphatic rings. The van der Waals surface area contributed by atoms with Crippen LogP contribution in [0.2, 0.25) is 0 Å². The third-order valence-corrected chi connectivity index (χ3v) is 2.84. The lowest BCUT2D eigenvalue weighted by atomic mass is 10.0. The van der Waals surface area contributed by atoms with Gasteiger partial charge in [0.25, 0.3) is 0 Å². The van der Waals surface area contributed by atoms with E-state index in [0.29, 0.717) is 11.3 Å². The molecule has 2 heterocycles. The number of hydrogen-bond acceptors (Lipinski definition) is 4. The van der Waals surface area contributed by atoms with Gasteiger partial charge < -0.3 is 14.1 Å². The Bertz CT molecular complexity index is 708. The number of H-pyrrole nitrogens is 1. The second kappa shape index (κ2) is 5.61. The Labute approximate surface area is 115 Å². The quantitative estimate of drug-likeness (QED) is 0.686. The largest absolute Gasteiger partial charge is 0.496 e. The van der Waals surface area contributed by atoms with Crippen LogP contribution in [0.5, 0.6) is 5.75 Å². The Kier molecular flexibility index (Phi) is 3.89. The number of aromatic amines is 1. The number of Topliss-reactive ketones (excluding diaryl/α,β-unsaturated/α-hetero) is 1. The molecule has 0 aromatic carbocycles. The molecule has 5 nitrogen and oxygen atoms in total. The van der Waals surface area contributed by atoms with Gasteiger partial charge >= 0.3 is 5.63 Å². The van der Waals surface area contributed by atoms with Crippen LogP contribution in [0.4, 0.5) is 0 Å². The lowest BCUT2D eigenvalue weighted by Gasteiger charge is -2.07. The zero-order chi connectivity index (χ0) is 14.7. The summed E-state index contributed by atoms with van der Waals surface area (Å²) in [4.78, 5) is 27.2. The monoisotopic (exact) mass is 273 g/mol. The predicted octanol–water partition coefficient (Wildman–Crippen LogP) is 2.57. The molecule has 0 unspecified atom stereocenters. The van der Waals surface area contributed by atoms with Gasteiger partial charge in [-0.1, -0.05) is 0 Å². The van der Waals surface area contributed by atoms with E-state index in [-0.39, 0.29) is 11.3 Å². The maximum Gasteiger partial charge on any atom is 0.351 e. The van der Waals surface area contributed by atoms with Crippen LogP contribution in [0.1, 0.15) is 28.7 Å². The Balaban J connectivity index is 2.46. The van der Waals surface area contributed by atoms with Crippen LogP contribution in [0.15, 0.2) is 39.2 Å². The number of hydrogen-bond donors (Lipinski definition) is 1. The van der Waals surface area contributed by atoms with Crippen LogP contribution < -0.4 is 10.4 Å². The number of aromatic nitrogens is 1. The van der Waals surface area contributed by atoms with Gasteiger partial charge in [0.05, 0.1) is 7.11 Å². The maximum atomic E-state index is 12.4. The first-order valence-corrected chi connectivity index (χ1v) is 6.08. The molecule has 0 spiro atoms. The third-order valence-electron chi connectivity index (χ3n) is 2.84. The Morgan fingerprint density at radius 2 is 2.20 bits per heavy atom. The first-order valence-electron chi connectivity index (χ1n) is 6.08. The van der Waals surface area contributed by atoms with Crippen molar-refractivity contribution >= 4 is 11.9 Å². The first-order chi connectivity index (χ1) is 9.52. The zero-order valence-electron chi connectivity index (χ0n) is 11.5. The molecule has 5 heteroatoms. The number of ether oxygens (including phenoxy) is 1. The van der Waals surface area contributed by atoms with Gasteiger partial charge in [-0.2, -0.15) is 0 Å². The molecule has 0 aliphatic carbocycles. The molecule has 2 rings (SSSR count). The van der Waals surface area contributed by atoms with Crippen molar-refractivity contribution in [3.63, 3.8) is 0 Å². The highest BCUT2D eigenvalue weighted by atomic mass is 16.5. The molecule has 2 aromatic heterocycles. The van der Waals surface area contributed by atoms with Crippen LogP contribution in [-0.4, -0.2) is 17.9 Å². The van der Waals surface area contributed by atoms with E-state index in [1.54, 1.807) is 26.1 Å². The number of carbonyl (C=O) groups is 1. The van der Waals surface area contributed by atoms with Crippen molar-refractivity contribution in [2.45, 2.75) is 13.8 Å². The van der Waals surface area contributed by atoms with Crippen molar-refractivity contribution in [2.24, 2.45) is 0 Å². The summed E-state index contributed by atoms with van der Waals surface area (Å²) in [6.45, 7) is 3.27. The molecular weight excluding hydrogens is 258 g/mol. The number of carbonyl (C=O) groups excluding carboxylic acids is 1. The second-order valence-corrected chi connectivity index (χ2v) is 4.37. The summed E-state index contributed by atoms with van der Waals surface area (Å²) >= 11 is 0. The summed E-state index contributed by atoms with van der Waals surface area (Å²) in [5.41, 5.74) is 0.428. The highest BCUT2D eigenvalue weighted by molar-refractivity contribution is 6.12. The Hall–Kier alpha value is -2.56. The van der Waals surface area contributed by atoms with Crippen LogP contribution in [0.3, 0.4) is 0 Å². The summed E-state index contributed by atoms with van der Waals surface area (Å²) in [6.07, 6.45) is 3.42. The molecule has 2 aromatic rings. The minimum absolute atomic E-state index is 0.0848. The summed E-state index contributed by atoms with van der Waals surface area (Å²) in [7, 11) is 1.41. The van der Waals surface area contributed by atoms with Crippen LogP contribution >= 0.6 is 0 Å². The minimum Gasteiger partial charge on any atom is -0.496 e. The van der Waals surface area contributed by atoms with Gasteiger partial charge in [0, 0.05) is 18.0 Å². The van der Waals surface area contributed by atoms with E-state index in [1.807, 2.05) is 12.1 Å². The fourth-order valence-electron chi connectivity index (χ4n) is 1.88. The van der Waals surface area contributed by atoms with Crippen molar-refractivity contribution in [2.75, 3.05) is 7.11 Å². The van der Waals surface area contributed by atoms with Crippen LogP contribution in [-0.2, 0) is 0 Å². The fourth-order valence-corrected chi connectivity index (χ4v) is 1.88. The number of nitrogens with one attached hydrogen (secondary N) is 1. The predicted molar refractivity (Wildman–Crippen MR) is 75.0 cm³/mol. The summed E-state index contributed by atoms with van der Waals surface area (Å²) < 4.78 is 10.1. The van der Waals surface area contributed by atoms with Crippen molar-refractivity contribution in [3.8, 4) is 5.75 Å². The number of aryl methyl sites for hydroxylation is 1. The average Bonchev–Trinajstić information content (AvgIpc) is 2.89. The van der Waals surface area contributed by atoms with Gasteiger partial charge in [-0.25, -0.2) is 4.79 Å². The number of ketones is 1. The summed E-state index contributed by atoms with van der Waals surface area (Å²) in [6, 6.07) is 5.17. The summed E-state index contributed by atoms with van der Waals surface area (Å²) in [5, 5.41) is 0. The Morgan fingerprint density at radius 3 is 2.80 bits per heavy atom. The van der Waals surface area contributed by atoms with Gasteiger partial charge in [0.1, 0.15) is 17.1 Å².